The number of carbonyl (C=O) groups is 1. The molecule has 1 fully saturated rings. The second-order valence-electron chi connectivity index (χ2n) is 4.11. The summed E-state index contributed by atoms with van der Waals surface area (Å²) in [6.45, 7) is 0.425. The van der Waals surface area contributed by atoms with Crippen LogP contribution < -0.4 is 16.0 Å². The second-order valence-corrected chi connectivity index (χ2v) is 4.11. The van der Waals surface area contributed by atoms with E-state index in [9.17, 15) is 14.9 Å². The van der Waals surface area contributed by atoms with Crippen molar-refractivity contribution in [3.8, 4) is 0 Å². The van der Waals surface area contributed by atoms with Crippen molar-refractivity contribution in [2.75, 3.05) is 24.2 Å². The molecule has 9 heteroatoms. The number of anilines is 2. The molecule has 0 radical (unpaired) electrons. The number of nitrogens with one attached hydrogen (secondary N) is 3. The SMILES string of the molecule is CNc1ncnc(NC2CCC(=O)NC2)c1[N+](=O)[O-]. The van der Waals surface area contributed by atoms with E-state index in [0.29, 0.717) is 19.4 Å². The number of nitro groups is 1. The summed E-state index contributed by atoms with van der Waals surface area (Å²) in [6.07, 6.45) is 2.26. The number of piperidine rings is 1. The molecule has 1 unspecified atom stereocenters. The van der Waals surface area contributed by atoms with Crippen LogP contribution in [0.1, 0.15) is 12.8 Å². The lowest BCUT2D eigenvalue weighted by molar-refractivity contribution is -0.383. The summed E-state index contributed by atoms with van der Waals surface area (Å²) >= 11 is 0. The van der Waals surface area contributed by atoms with Crippen molar-refractivity contribution in [2.45, 2.75) is 18.9 Å². The van der Waals surface area contributed by atoms with Crippen LogP contribution in [0.4, 0.5) is 17.3 Å². The maximum atomic E-state index is 11.1. The Labute approximate surface area is 109 Å². The standard InChI is InChI=1S/C10H14N6O3/c1-11-9-8(16(18)19)10(14-5-13-9)15-6-2-3-7(17)12-4-6/h5-6H,2-4H2,1H3,(H,12,17)(H2,11,13,14,15). The molecule has 0 aliphatic carbocycles. The summed E-state index contributed by atoms with van der Waals surface area (Å²) < 4.78 is 0. The monoisotopic (exact) mass is 266 g/mol. The van der Waals surface area contributed by atoms with E-state index in [0.717, 1.165) is 0 Å². The van der Waals surface area contributed by atoms with Crippen LogP contribution in [0.2, 0.25) is 0 Å². The molecule has 1 aliphatic rings. The molecule has 3 N–H and O–H groups in total. The van der Waals surface area contributed by atoms with Gasteiger partial charge in [0.25, 0.3) is 0 Å². The maximum absolute atomic E-state index is 11.1. The quantitative estimate of drug-likeness (QED) is 0.522. The molecule has 1 amide bonds. The smallest absolute Gasteiger partial charge is 0.353 e. The molecule has 1 atom stereocenters. The van der Waals surface area contributed by atoms with Crippen molar-refractivity contribution in [1.29, 1.82) is 0 Å². The van der Waals surface area contributed by atoms with E-state index in [2.05, 4.69) is 25.9 Å². The van der Waals surface area contributed by atoms with Gasteiger partial charge in [0.2, 0.25) is 17.5 Å². The Morgan fingerprint density at radius 2 is 2.21 bits per heavy atom. The lowest BCUT2D eigenvalue weighted by atomic mass is 10.1. The minimum Gasteiger partial charge on any atom is -0.367 e. The first-order valence-electron chi connectivity index (χ1n) is 5.82. The zero-order valence-corrected chi connectivity index (χ0v) is 10.3. The van der Waals surface area contributed by atoms with Crippen molar-refractivity contribution < 1.29 is 9.72 Å². The molecule has 102 valence electrons. The van der Waals surface area contributed by atoms with Crippen molar-refractivity contribution in [3.05, 3.63) is 16.4 Å². The molecule has 0 aromatic carbocycles. The fourth-order valence-electron chi connectivity index (χ4n) is 1.89. The van der Waals surface area contributed by atoms with E-state index < -0.39 is 4.92 Å². The molecule has 0 saturated carbocycles. The Morgan fingerprint density at radius 1 is 1.47 bits per heavy atom. The maximum Gasteiger partial charge on any atom is 0.353 e. The number of nitrogens with zero attached hydrogens (tertiary/aromatic N) is 3. The van der Waals surface area contributed by atoms with E-state index in [-0.39, 0.29) is 29.3 Å². The van der Waals surface area contributed by atoms with E-state index in [1.807, 2.05) is 0 Å². The summed E-state index contributed by atoms with van der Waals surface area (Å²) in [7, 11) is 1.56. The van der Waals surface area contributed by atoms with Crippen molar-refractivity contribution in [2.24, 2.45) is 0 Å². The topological polar surface area (TPSA) is 122 Å². The van der Waals surface area contributed by atoms with Gasteiger partial charge in [-0.25, -0.2) is 9.97 Å². The van der Waals surface area contributed by atoms with E-state index in [4.69, 9.17) is 0 Å². The minimum atomic E-state index is -0.532. The van der Waals surface area contributed by atoms with Crippen LogP contribution in [0.25, 0.3) is 0 Å². The van der Waals surface area contributed by atoms with Gasteiger partial charge in [-0.3, -0.25) is 14.9 Å². The van der Waals surface area contributed by atoms with Crippen molar-refractivity contribution in [3.63, 3.8) is 0 Å². The van der Waals surface area contributed by atoms with Crippen LogP contribution in [0, 0.1) is 10.1 Å². The van der Waals surface area contributed by atoms with E-state index in [1.54, 1.807) is 7.05 Å². The van der Waals surface area contributed by atoms with Gasteiger partial charge >= 0.3 is 5.69 Å². The van der Waals surface area contributed by atoms with Gasteiger partial charge in [-0.05, 0) is 6.42 Å². The first-order chi connectivity index (χ1) is 9.11. The summed E-state index contributed by atoms with van der Waals surface area (Å²) in [5.41, 5.74) is -0.193. The van der Waals surface area contributed by atoms with Gasteiger partial charge in [0.1, 0.15) is 6.33 Å². The largest absolute Gasteiger partial charge is 0.367 e. The molecule has 1 aliphatic heterocycles. The first-order valence-corrected chi connectivity index (χ1v) is 5.82. The van der Waals surface area contributed by atoms with Crippen molar-refractivity contribution >= 4 is 23.2 Å². The Balaban J connectivity index is 2.20. The Kier molecular flexibility index (Phi) is 3.74. The molecule has 1 aromatic rings. The minimum absolute atomic E-state index is 0.00819. The van der Waals surface area contributed by atoms with Gasteiger partial charge in [0.05, 0.1) is 4.92 Å². The van der Waals surface area contributed by atoms with E-state index in [1.165, 1.54) is 6.33 Å². The summed E-state index contributed by atoms with van der Waals surface area (Å²) in [6, 6.07) is -0.0731. The number of amides is 1. The molecular formula is C10H14N6O3. The first kappa shape index (κ1) is 13.0. The van der Waals surface area contributed by atoms with E-state index >= 15 is 0 Å². The fraction of sp³-hybridized carbons (Fsp3) is 0.500. The Morgan fingerprint density at radius 3 is 2.79 bits per heavy atom. The zero-order valence-electron chi connectivity index (χ0n) is 10.3. The van der Waals surface area contributed by atoms with Gasteiger partial charge < -0.3 is 16.0 Å². The molecule has 2 heterocycles. The highest BCUT2D eigenvalue weighted by atomic mass is 16.6. The van der Waals surface area contributed by atoms with Crippen LogP contribution in [-0.4, -0.2) is 40.4 Å². The average Bonchev–Trinajstić information content (AvgIpc) is 2.40. The molecule has 0 spiro atoms. The van der Waals surface area contributed by atoms with Gasteiger partial charge in [-0.2, -0.15) is 0 Å². The van der Waals surface area contributed by atoms with Crippen LogP contribution in [0.5, 0.6) is 0 Å². The number of hydrogen-bond acceptors (Lipinski definition) is 7. The van der Waals surface area contributed by atoms with Gasteiger partial charge in [0.15, 0.2) is 0 Å². The highest BCUT2D eigenvalue weighted by Gasteiger charge is 2.25. The zero-order chi connectivity index (χ0) is 13.8. The summed E-state index contributed by atoms with van der Waals surface area (Å²) in [5.74, 6) is 0.305. The summed E-state index contributed by atoms with van der Waals surface area (Å²) in [4.78, 5) is 29.3. The van der Waals surface area contributed by atoms with Crippen LogP contribution in [0.3, 0.4) is 0 Å². The van der Waals surface area contributed by atoms with Gasteiger partial charge in [-0.15, -0.1) is 0 Å². The molecule has 0 bridgehead atoms. The predicted molar refractivity (Wildman–Crippen MR) is 67.9 cm³/mol. The molecule has 1 aromatic heterocycles. The third-order valence-electron chi connectivity index (χ3n) is 2.85. The number of carbonyl (C=O) groups excluding carboxylic acids is 1. The fourth-order valence-corrected chi connectivity index (χ4v) is 1.89. The molecular weight excluding hydrogens is 252 g/mol. The predicted octanol–water partition coefficient (Wildman–Crippen LogP) is 0.117. The molecule has 19 heavy (non-hydrogen) atoms. The third kappa shape index (κ3) is 2.87. The normalized spacial score (nSPS) is 18.6. The van der Waals surface area contributed by atoms with Crippen LogP contribution in [-0.2, 0) is 4.79 Å². The van der Waals surface area contributed by atoms with Crippen LogP contribution >= 0.6 is 0 Å². The highest BCUT2D eigenvalue weighted by Crippen LogP contribution is 2.29. The lowest BCUT2D eigenvalue weighted by Crippen LogP contribution is -2.42. The number of rotatable bonds is 4. The molecule has 2 rings (SSSR count). The lowest BCUT2D eigenvalue weighted by Gasteiger charge is -2.23. The number of aromatic nitrogens is 2. The van der Waals surface area contributed by atoms with Gasteiger partial charge in [0, 0.05) is 26.1 Å². The van der Waals surface area contributed by atoms with Gasteiger partial charge in [-0.1, -0.05) is 0 Å². The van der Waals surface area contributed by atoms with Crippen LogP contribution in [0.15, 0.2) is 6.33 Å². The molecule has 9 nitrogen and oxygen atoms in total. The Bertz CT molecular complexity index is 496. The average molecular weight is 266 g/mol. The summed E-state index contributed by atoms with van der Waals surface area (Å²) in [5, 5.41) is 19.4. The Hall–Kier alpha value is -2.45. The third-order valence-corrected chi connectivity index (χ3v) is 2.85. The highest BCUT2D eigenvalue weighted by molar-refractivity contribution is 5.77. The molecule has 1 saturated heterocycles. The second kappa shape index (κ2) is 5.46. The van der Waals surface area contributed by atoms with Crippen molar-refractivity contribution in [1.82, 2.24) is 15.3 Å². The number of hydrogen-bond donors (Lipinski definition) is 3.